The molecule has 0 atom stereocenters. The highest BCUT2D eigenvalue weighted by Gasteiger charge is 2.25. The van der Waals surface area contributed by atoms with E-state index in [1.54, 1.807) is 0 Å². The summed E-state index contributed by atoms with van der Waals surface area (Å²) in [5.74, 6) is 1.82. The van der Waals surface area contributed by atoms with Gasteiger partial charge in [-0.2, -0.15) is 0 Å². The largest absolute Gasteiger partial charge is 0.329 e. The second kappa shape index (κ2) is 5.63. The van der Waals surface area contributed by atoms with Crippen molar-refractivity contribution in [1.29, 1.82) is 0 Å². The monoisotopic (exact) mass is 321 g/mol. The van der Waals surface area contributed by atoms with E-state index in [9.17, 15) is 4.79 Å². The first kappa shape index (κ1) is 14.7. The molecule has 24 heavy (non-hydrogen) atoms. The fourth-order valence-corrected chi connectivity index (χ4v) is 3.20. The van der Waals surface area contributed by atoms with Gasteiger partial charge in [0.2, 0.25) is 0 Å². The minimum Gasteiger partial charge on any atom is -0.329 e. The highest BCUT2D eigenvalue weighted by Crippen LogP contribution is 2.20. The molecule has 1 amide bonds. The second-order valence-electron chi connectivity index (χ2n) is 6.13. The number of amides is 1. The molecule has 0 bridgehead atoms. The van der Waals surface area contributed by atoms with Crippen LogP contribution in [0.4, 0.5) is 0 Å². The maximum atomic E-state index is 12.9. The van der Waals surface area contributed by atoms with Crippen LogP contribution in [0.2, 0.25) is 0 Å². The smallest absolute Gasteiger partial charge is 0.254 e. The second-order valence-corrected chi connectivity index (χ2v) is 6.13. The average molecular weight is 321 g/mol. The van der Waals surface area contributed by atoms with Crippen LogP contribution in [-0.2, 0) is 13.1 Å². The lowest BCUT2D eigenvalue weighted by Gasteiger charge is -2.28. The van der Waals surface area contributed by atoms with E-state index in [1.807, 2.05) is 66.0 Å². The first-order valence-corrected chi connectivity index (χ1v) is 8.05. The van der Waals surface area contributed by atoms with Crippen LogP contribution in [0.15, 0.2) is 42.7 Å². The highest BCUT2D eigenvalue weighted by molar-refractivity contribution is 5.95. The first-order chi connectivity index (χ1) is 11.6. The molecule has 0 spiro atoms. The Balaban J connectivity index is 1.59. The van der Waals surface area contributed by atoms with Crippen molar-refractivity contribution in [1.82, 2.24) is 24.2 Å². The van der Waals surface area contributed by atoms with E-state index in [-0.39, 0.29) is 5.91 Å². The van der Waals surface area contributed by atoms with Crippen LogP contribution in [0.25, 0.3) is 5.69 Å². The Morgan fingerprint density at radius 1 is 1.08 bits per heavy atom. The molecule has 0 aliphatic carbocycles. The quantitative estimate of drug-likeness (QED) is 0.728. The third kappa shape index (κ3) is 2.40. The van der Waals surface area contributed by atoms with Crippen LogP contribution in [0.3, 0.4) is 0 Å². The number of rotatable bonds is 2. The molecule has 2 aromatic heterocycles. The number of aryl methyl sites for hydroxylation is 2. The van der Waals surface area contributed by atoms with Crippen molar-refractivity contribution in [2.45, 2.75) is 26.9 Å². The van der Waals surface area contributed by atoms with E-state index in [1.165, 1.54) is 0 Å². The van der Waals surface area contributed by atoms with Gasteiger partial charge in [-0.15, -0.1) is 10.2 Å². The summed E-state index contributed by atoms with van der Waals surface area (Å²) in [5, 5.41) is 8.26. The molecule has 4 rings (SSSR count). The average Bonchev–Trinajstić information content (AvgIpc) is 3.24. The first-order valence-electron chi connectivity index (χ1n) is 8.05. The van der Waals surface area contributed by atoms with E-state index >= 15 is 0 Å². The molecular weight excluding hydrogens is 302 g/mol. The molecule has 3 aromatic rings. The predicted octanol–water partition coefficient (Wildman–Crippen LogP) is 2.34. The Morgan fingerprint density at radius 3 is 2.62 bits per heavy atom. The standard InChI is InChI=1S/C18H19N5O/c1-13-11-15(21-7-3-4-8-21)5-6-16(13)18(24)22-9-10-23-14(2)19-20-17(23)12-22/h3-8,11H,9-10,12H2,1-2H3. The summed E-state index contributed by atoms with van der Waals surface area (Å²) in [6.45, 7) is 5.87. The molecule has 3 heterocycles. The van der Waals surface area contributed by atoms with Gasteiger partial charge < -0.3 is 14.0 Å². The van der Waals surface area contributed by atoms with Crippen LogP contribution in [-0.4, -0.2) is 36.7 Å². The van der Waals surface area contributed by atoms with Crippen LogP contribution in [0.5, 0.6) is 0 Å². The molecule has 0 fully saturated rings. The lowest BCUT2D eigenvalue weighted by Crippen LogP contribution is -2.38. The van der Waals surface area contributed by atoms with E-state index in [2.05, 4.69) is 14.8 Å². The number of aromatic nitrogens is 4. The molecule has 6 nitrogen and oxygen atoms in total. The summed E-state index contributed by atoms with van der Waals surface area (Å²) in [5.41, 5.74) is 2.79. The maximum absolute atomic E-state index is 12.9. The molecule has 0 unspecified atom stereocenters. The zero-order valence-electron chi connectivity index (χ0n) is 13.8. The predicted molar refractivity (Wildman–Crippen MR) is 90.0 cm³/mol. The van der Waals surface area contributed by atoms with Crippen LogP contribution in [0.1, 0.15) is 27.6 Å². The van der Waals surface area contributed by atoms with Crippen molar-refractivity contribution in [3.63, 3.8) is 0 Å². The minimum absolute atomic E-state index is 0.0541. The van der Waals surface area contributed by atoms with Gasteiger partial charge in [-0.3, -0.25) is 4.79 Å². The Hall–Kier alpha value is -2.89. The molecule has 1 aliphatic heterocycles. The Kier molecular flexibility index (Phi) is 3.45. The Labute approximate surface area is 140 Å². The van der Waals surface area contributed by atoms with Gasteiger partial charge >= 0.3 is 0 Å². The van der Waals surface area contributed by atoms with Crippen LogP contribution in [0, 0.1) is 13.8 Å². The third-order valence-corrected chi connectivity index (χ3v) is 4.57. The SMILES string of the molecule is Cc1cc(-n2cccc2)ccc1C(=O)N1CCn2c(C)nnc2C1. The summed E-state index contributed by atoms with van der Waals surface area (Å²) >= 11 is 0. The van der Waals surface area contributed by atoms with Crippen molar-refractivity contribution >= 4 is 5.91 Å². The number of hydrogen-bond donors (Lipinski definition) is 0. The van der Waals surface area contributed by atoms with Gasteiger partial charge in [0.25, 0.3) is 5.91 Å². The van der Waals surface area contributed by atoms with E-state index in [4.69, 9.17) is 0 Å². The van der Waals surface area contributed by atoms with Crippen LogP contribution >= 0.6 is 0 Å². The van der Waals surface area contributed by atoms with Gasteiger partial charge in [-0.1, -0.05) is 0 Å². The van der Waals surface area contributed by atoms with Gasteiger partial charge in [-0.05, 0) is 49.7 Å². The molecular formula is C18H19N5O. The fourth-order valence-electron chi connectivity index (χ4n) is 3.20. The summed E-state index contributed by atoms with van der Waals surface area (Å²) in [7, 11) is 0. The number of fused-ring (bicyclic) bond motifs is 1. The van der Waals surface area contributed by atoms with E-state index < -0.39 is 0 Å². The molecule has 122 valence electrons. The lowest BCUT2D eigenvalue weighted by atomic mass is 10.1. The normalized spacial score (nSPS) is 13.8. The number of benzene rings is 1. The van der Waals surface area contributed by atoms with E-state index in [0.29, 0.717) is 13.1 Å². The minimum atomic E-state index is 0.0541. The van der Waals surface area contributed by atoms with Gasteiger partial charge in [0, 0.05) is 36.7 Å². The Bertz CT molecular complexity index is 894. The topological polar surface area (TPSA) is 56.0 Å². The third-order valence-electron chi connectivity index (χ3n) is 4.57. The van der Waals surface area contributed by atoms with Gasteiger partial charge in [0.05, 0.1) is 6.54 Å². The molecule has 0 saturated carbocycles. The zero-order chi connectivity index (χ0) is 16.7. The fraction of sp³-hybridized carbons (Fsp3) is 0.278. The molecule has 1 aromatic carbocycles. The number of carbonyl (C=O) groups is 1. The van der Waals surface area contributed by atoms with E-state index in [0.717, 1.165) is 35.0 Å². The molecule has 1 aliphatic rings. The molecule has 0 radical (unpaired) electrons. The zero-order valence-corrected chi connectivity index (χ0v) is 13.8. The summed E-state index contributed by atoms with van der Waals surface area (Å²) in [6, 6.07) is 9.92. The molecule has 6 heteroatoms. The van der Waals surface area contributed by atoms with Crippen molar-refractivity contribution in [3.05, 3.63) is 65.5 Å². The lowest BCUT2D eigenvalue weighted by molar-refractivity contribution is 0.0706. The molecule has 0 N–H and O–H groups in total. The summed E-state index contributed by atoms with van der Waals surface area (Å²) in [6.07, 6.45) is 3.99. The maximum Gasteiger partial charge on any atom is 0.254 e. The molecule has 0 saturated heterocycles. The van der Waals surface area contributed by atoms with Crippen molar-refractivity contribution in [3.8, 4) is 5.69 Å². The highest BCUT2D eigenvalue weighted by atomic mass is 16.2. The summed E-state index contributed by atoms with van der Waals surface area (Å²) < 4.78 is 4.11. The number of nitrogens with zero attached hydrogens (tertiary/aromatic N) is 5. The van der Waals surface area contributed by atoms with Crippen molar-refractivity contribution in [2.24, 2.45) is 0 Å². The van der Waals surface area contributed by atoms with Crippen molar-refractivity contribution in [2.75, 3.05) is 6.54 Å². The Morgan fingerprint density at radius 2 is 1.88 bits per heavy atom. The number of hydrogen-bond acceptors (Lipinski definition) is 3. The number of carbonyl (C=O) groups excluding carboxylic acids is 1. The van der Waals surface area contributed by atoms with Crippen LogP contribution < -0.4 is 0 Å². The van der Waals surface area contributed by atoms with Crippen molar-refractivity contribution < 1.29 is 4.79 Å². The van der Waals surface area contributed by atoms with Gasteiger partial charge in [-0.25, -0.2) is 0 Å². The summed E-state index contributed by atoms with van der Waals surface area (Å²) in [4.78, 5) is 14.7. The van der Waals surface area contributed by atoms with Gasteiger partial charge in [0.15, 0.2) is 5.82 Å². The van der Waals surface area contributed by atoms with Gasteiger partial charge in [0.1, 0.15) is 5.82 Å².